The zero-order valence-corrected chi connectivity index (χ0v) is 17.6. The van der Waals surface area contributed by atoms with Gasteiger partial charge in [0.05, 0.1) is 16.2 Å². The second kappa shape index (κ2) is 8.18. The van der Waals surface area contributed by atoms with E-state index in [1.807, 2.05) is 6.92 Å². The first kappa shape index (κ1) is 20.8. The summed E-state index contributed by atoms with van der Waals surface area (Å²) < 4.78 is 25.0. The number of nitrogens with two attached hydrogens (primary N) is 1. The molecule has 150 valence electrons. The molecule has 6 nitrogen and oxygen atoms in total. The van der Waals surface area contributed by atoms with Crippen LogP contribution in [-0.2, 0) is 15.6 Å². The first-order valence-electron chi connectivity index (χ1n) is 8.77. The fraction of sp³-hybridized carbons (Fsp3) is 0.143. The van der Waals surface area contributed by atoms with Gasteiger partial charge in [0.15, 0.2) is 9.84 Å². The minimum absolute atomic E-state index is 0.159. The number of hydrogen-bond donors (Lipinski definition) is 2. The van der Waals surface area contributed by atoms with Gasteiger partial charge in [-0.25, -0.2) is 8.42 Å². The molecule has 1 heterocycles. The van der Waals surface area contributed by atoms with Crippen molar-refractivity contribution >= 4 is 38.0 Å². The van der Waals surface area contributed by atoms with Gasteiger partial charge in [-0.1, -0.05) is 30.3 Å². The van der Waals surface area contributed by atoms with Crippen molar-refractivity contribution in [3.63, 3.8) is 0 Å². The zero-order chi connectivity index (χ0) is 21.2. The maximum Gasteiger partial charge on any atom is 0.256 e. The lowest BCUT2D eigenvalue weighted by molar-refractivity contribution is 0.100. The number of carbonyl (C=O) groups is 2. The average Bonchev–Trinajstić information content (AvgIpc) is 2.96. The van der Waals surface area contributed by atoms with E-state index in [0.29, 0.717) is 21.7 Å². The summed E-state index contributed by atoms with van der Waals surface area (Å²) in [5.74, 6) is -1.15. The van der Waals surface area contributed by atoms with E-state index >= 15 is 0 Å². The van der Waals surface area contributed by atoms with Gasteiger partial charge < -0.3 is 11.1 Å². The minimum atomic E-state index is -3.46. The number of thiophene rings is 1. The van der Waals surface area contributed by atoms with Crippen LogP contribution >= 0.6 is 11.3 Å². The SMILES string of the molecule is Cc1sc(NC(=O)c2ccc(CS(=O)(=O)c3ccccc3)cc2)c(C(N)=O)c1C. The summed E-state index contributed by atoms with van der Waals surface area (Å²) in [6.45, 7) is 3.63. The van der Waals surface area contributed by atoms with E-state index in [1.165, 1.54) is 11.3 Å². The molecular weight excluding hydrogens is 408 g/mol. The number of rotatable bonds is 6. The van der Waals surface area contributed by atoms with E-state index in [4.69, 9.17) is 5.73 Å². The lowest BCUT2D eigenvalue weighted by Crippen LogP contribution is -2.17. The molecule has 0 atom stereocenters. The largest absolute Gasteiger partial charge is 0.365 e. The molecular formula is C21H20N2O4S2. The van der Waals surface area contributed by atoms with Crippen LogP contribution in [0.5, 0.6) is 0 Å². The highest BCUT2D eigenvalue weighted by Crippen LogP contribution is 2.32. The summed E-state index contributed by atoms with van der Waals surface area (Å²) in [7, 11) is -3.46. The molecule has 3 N–H and O–H groups in total. The fourth-order valence-electron chi connectivity index (χ4n) is 2.87. The van der Waals surface area contributed by atoms with Gasteiger partial charge in [0.2, 0.25) is 0 Å². The summed E-state index contributed by atoms with van der Waals surface area (Å²) in [5, 5.41) is 3.13. The molecule has 0 spiro atoms. The lowest BCUT2D eigenvalue weighted by atomic mass is 10.1. The number of aryl methyl sites for hydroxylation is 1. The van der Waals surface area contributed by atoms with Crippen molar-refractivity contribution in [2.24, 2.45) is 5.73 Å². The molecule has 2 aromatic carbocycles. The van der Waals surface area contributed by atoms with Crippen molar-refractivity contribution in [2.45, 2.75) is 24.5 Å². The molecule has 0 saturated carbocycles. The number of sulfone groups is 1. The quantitative estimate of drug-likeness (QED) is 0.624. The monoisotopic (exact) mass is 428 g/mol. The topological polar surface area (TPSA) is 106 Å². The normalized spacial score (nSPS) is 11.2. The predicted octanol–water partition coefficient (Wildman–Crippen LogP) is 3.69. The van der Waals surface area contributed by atoms with E-state index in [0.717, 1.165) is 10.4 Å². The van der Waals surface area contributed by atoms with Crippen molar-refractivity contribution in [1.82, 2.24) is 0 Å². The van der Waals surface area contributed by atoms with Crippen LogP contribution in [0.15, 0.2) is 59.5 Å². The molecule has 0 fully saturated rings. The summed E-state index contributed by atoms with van der Waals surface area (Å²) >= 11 is 1.29. The van der Waals surface area contributed by atoms with Crippen LogP contribution in [0, 0.1) is 13.8 Å². The predicted molar refractivity (Wildman–Crippen MR) is 114 cm³/mol. The Morgan fingerprint density at radius 3 is 2.21 bits per heavy atom. The van der Waals surface area contributed by atoms with Gasteiger partial charge in [-0.15, -0.1) is 11.3 Å². The second-order valence-corrected chi connectivity index (χ2v) is 9.79. The summed E-state index contributed by atoms with van der Waals surface area (Å²) in [5.41, 5.74) is 7.42. The highest BCUT2D eigenvalue weighted by atomic mass is 32.2. The zero-order valence-electron chi connectivity index (χ0n) is 15.9. The Bertz CT molecular complexity index is 1170. The van der Waals surface area contributed by atoms with Crippen molar-refractivity contribution < 1.29 is 18.0 Å². The maximum absolute atomic E-state index is 12.6. The molecule has 3 rings (SSSR count). The first-order chi connectivity index (χ1) is 13.7. The molecule has 0 aliphatic carbocycles. The molecule has 0 saturated heterocycles. The number of benzene rings is 2. The molecule has 2 amide bonds. The lowest BCUT2D eigenvalue weighted by Gasteiger charge is -2.07. The van der Waals surface area contributed by atoms with Gasteiger partial charge in [-0.2, -0.15) is 0 Å². The number of primary amides is 1. The summed E-state index contributed by atoms with van der Waals surface area (Å²) in [6, 6.07) is 14.5. The van der Waals surface area contributed by atoms with E-state index in [-0.39, 0.29) is 10.6 Å². The molecule has 0 radical (unpaired) electrons. The Labute approximate surface area is 173 Å². The molecule has 0 bridgehead atoms. The average molecular weight is 429 g/mol. The Morgan fingerprint density at radius 2 is 1.62 bits per heavy atom. The van der Waals surface area contributed by atoms with Crippen LogP contribution in [0.25, 0.3) is 0 Å². The van der Waals surface area contributed by atoms with Crippen LogP contribution in [0.3, 0.4) is 0 Å². The second-order valence-electron chi connectivity index (χ2n) is 6.57. The van der Waals surface area contributed by atoms with E-state index < -0.39 is 21.7 Å². The van der Waals surface area contributed by atoms with Crippen LogP contribution in [0.2, 0.25) is 0 Å². The van der Waals surface area contributed by atoms with Crippen LogP contribution in [-0.4, -0.2) is 20.2 Å². The van der Waals surface area contributed by atoms with Gasteiger partial charge >= 0.3 is 0 Å². The molecule has 0 aliphatic rings. The molecule has 3 aromatic rings. The standard InChI is InChI=1S/C21H20N2O4S2/c1-13-14(2)28-21(18(13)19(22)24)23-20(25)16-10-8-15(9-11-16)12-29(26,27)17-6-4-3-5-7-17/h3-11H,12H2,1-2H3,(H2,22,24)(H,23,25). The van der Waals surface area contributed by atoms with Crippen molar-refractivity contribution in [3.05, 3.63) is 81.7 Å². The maximum atomic E-state index is 12.6. The van der Waals surface area contributed by atoms with Crippen molar-refractivity contribution in [3.8, 4) is 0 Å². The van der Waals surface area contributed by atoms with Crippen LogP contribution < -0.4 is 11.1 Å². The molecule has 1 aromatic heterocycles. The van der Waals surface area contributed by atoms with E-state index in [1.54, 1.807) is 61.5 Å². The third-order valence-electron chi connectivity index (χ3n) is 4.53. The van der Waals surface area contributed by atoms with Crippen molar-refractivity contribution in [2.75, 3.05) is 5.32 Å². The number of anilines is 1. The van der Waals surface area contributed by atoms with Gasteiger partial charge in [-0.3, -0.25) is 9.59 Å². The molecule has 29 heavy (non-hydrogen) atoms. The first-order valence-corrected chi connectivity index (χ1v) is 11.2. The van der Waals surface area contributed by atoms with Gasteiger partial charge in [0.25, 0.3) is 11.8 Å². The van der Waals surface area contributed by atoms with Crippen LogP contribution in [0.1, 0.15) is 36.7 Å². The Kier molecular flexibility index (Phi) is 5.86. The number of hydrogen-bond acceptors (Lipinski definition) is 5. The molecule has 8 heteroatoms. The van der Waals surface area contributed by atoms with Gasteiger partial charge in [-0.05, 0) is 49.2 Å². The Balaban J connectivity index is 1.76. The Morgan fingerprint density at radius 1 is 1.00 bits per heavy atom. The van der Waals surface area contributed by atoms with Gasteiger partial charge in [0, 0.05) is 10.4 Å². The highest BCUT2D eigenvalue weighted by molar-refractivity contribution is 7.90. The summed E-state index contributed by atoms with van der Waals surface area (Å²) in [4.78, 5) is 25.4. The van der Waals surface area contributed by atoms with Crippen LogP contribution in [0.4, 0.5) is 5.00 Å². The number of nitrogens with one attached hydrogen (secondary N) is 1. The fourth-order valence-corrected chi connectivity index (χ4v) is 5.30. The number of carbonyl (C=O) groups excluding carboxylic acids is 2. The summed E-state index contributed by atoms with van der Waals surface area (Å²) in [6.07, 6.45) is 0. The third kappa shape index (κ3) is 4.55. The van der Waals surface area contributed by atoms with Gasteiger partial charge in [0.1, 0.15) is 5.00 Å². The van der Waals surface area contributed by atoms with Crippen molar-refractivity contribution in [1.29, 1.82) is 0 Å². The van der Waals surface area contributed by atoms with E-state index in [2.05, 4.69) is 5.32 Å². The smallest absolute Gasteiger partial charge is 0.256 e. The minimum Gasteiger partial charge on any atom is -0.365 e. The molecule has 0 unspecified atom stereocenters. The highest BCUT2D eigenvalue weighted by Gasteiger charge is 2.20. The third-order valence-corrected chi connectivity index (χ3v) is 7.36. The number of amides is 2. The van der Waals surface area contributed by atoms with E-state index in [9.17, 15) is 18.0 Å². The molecule has 0 aliphatic heterocycles. The Hall–Kier alpha value is -2.97.